The van der Waals surface area contributed by atoms with Crippen LogP contribution in [0, 0.1) is 5.92 Å². The monoisotopic (exact) mass is 97.1 g/mol. The van der Waals surface area contributed by atoms with Crippen LogP contribution in [0.15, 0.2) is 0 Å². The van der Waals surface area contributed by atoms with Crippen LogP contribution in [0.2, 0.25) is 0 Å². The maximum absolute atomic E-state index is 4.24. The molecular formula is C5H9N2. The SMILES string of the molecule is C1CN2CC1C[N]2. The van der Waals surface area contributed by atoms with Gasteiger partial charge in [-0.3, -0.25) is 0 Å². The summed E-state index contributed by atoms with van der Waals surface area (Å²) in [6.45, 7) is 3.59. The zero-order valence-electron chi connectivity index (χ0n) is 4.30. The number of hydrogen-bond acceptors (Lipinski definition) is 1. The molecule has 0 spiro atoms. The zero-order chi connectivity index (χ0) is 4.69. The van der Waals surface area contributed by atoms with E-state index in [1.54, 1.807) is 0 Å². The Balaban J connectivity index is 2.12. The third-order valence-electron chi connectivity index (χ3n) is 1.80. The Morgan fingerprint density at radius 1 is 1.57 bits per heavy atom. The number of fused-ring (bicyclic) bond motifs is 2. The largest absolute Gasteiger partial charge is 0.226 e. The Morgan fingerprint density at radius 3 is 2.71 bits per heavy atom. The lowest BCUT2D eigenvalue weighted by atomic mass is 10.1. The van der Waals surface area contributed by atoms with Crippen molar-refractivity contribution >= 4 is 0 Å². The fraction of sp³-hybridized carbons (Fsp3) is 1.00. The van der Waals surface area contributed by atoms with Crippen LogP contribution in [-0.4, -0.2) is 24.6 Å². The fourth-order valence-electron chi connectivity index (χ4n) is 1.32. The van der Waals surface area contributed by atoms with Gasteiger partial charge < -0.3 is 0 Å². The van der Waals surface area contributed by atoms with Crippen LogP contribution < -0.4 is 5.43 Å². The molecule has 0 saturated carbocycles. The van der Waals surface area contributed by atoms with Crippen molar-refractivity contribution in [2.75, 3.05) is 19.6 Å². The molecule has 0 aromatic carbocycles. The van der Waals surface area contributed by atoms with E-state index in [-0.39, 0.29) is 0 Å². The van der Waals surface area contributed by atoms with Gasteiger partial charge in [0.25, 0.3) is 0 Å². The molecular weight excluding hydrogens is 88.1 g/mol. The van der Waals surface area contributed by atoms with Crippen molar-refractivity contribution in [3.05, 3.63) is 0 Å². The molecule has 2 aliphatic heterocycles. The first-order valence-electron chi connectivity index (χ1n) is 2.87. The second-order valence-electron chi connectivity index (χ2n) is 2.39. The molecule has 2 saturated heterocycles. The molecule has 2 atom stereocenters. The van der Waals surface area contributed by atoms with E-state index < -0.39 is 0 Å². The molecule has 2 heteroatoms. The average Bonchev–Trinajstić information content (AvgIpc) is 2.22. The fourth-order valence-corrected chi connectivity index (χ4v) is 1.32. The molecule has 0 aromatic rings. The van der Waals surface area contributed by atoms with Gasteiger partial charge in [-0.1, -0.05) is 0 Å². The summed E-state index contributed by atoms with van der Waals surface area (Å²) in [6, 6.07) is 0. The Hall–Kier alpha value is -0.0800. The lowest BCUT2D eigenvalue weighted by Crippen LogP contribution is -2.25. The van der Waals surface area contributed by atoms with Crippen LogP contribution >= 0.6 is 0 Å². The van der Waals surface area contributed by atoms with Crippen LogP contribution in [0.4, 0.5) is 0 Å². The van der Waals surface area contributed by atoms with Crippen molar-refractivity contribution < 1.29 is 0 Å². The van der Waals surface area contributed by atoms with E-state index in [4.69, 9.17) is 0 Å². The summed E-state index contributed by atoms with van der Waals surface area (Å²) in [4.78, 5) is 0. The molecule has 2 bridgehead atoms. The molecule has 2 unspecified atom stereocenters. The first-order valence-corrected chi connectivity index (χ1v) is 2.87. The molecule has 2 aliphatic rings. The smallest absolute Gasteiger partial charge is 0.0348 e. The summed E-state index contributed by atoms with van der Waals surface area (Å²) in [7, 11) is 0. The molecule has 0 N–H and O–H groups in total. The molecule has 2 nitrogen and oxygen atoms in total. The second-order valence-corrected chi connectivity index (χ2v) is 2.39. The van der Waals surface area contributed by atoms with E-state index in [9.17, 15) is 0 Å². The summed E-state index contributed by atoms with van der Waals surface area (Å²) in [6.07, 6.45) is 1.39. The first kappa shape index (κ1) is 3.87. The van der Waals surface area contributed by atoms with Crippen molar-refractivity contribution in [3.8, 4) is 0 Å². The van der Waals surface area contributed by atoms with Gasteiger partial charge in [-0.05, 0) is 12.3 Å². The minimum absolute atomic E-state index is 0.931. The molecule has 2 rings (SSSR count). The maximum Gasteiger partial charge on any atom is 0.0348 e. The second kappa shape index (κ2) is 1.20. The van der Waals surface area contributed by atoms with Crippen LogP contribution in [0.25, 0.3) is 0 Å². The topological polar surface area (TPSA) is 17.3 Å². The molecule has 1 radical (unpaired) electrons. The third kappa shape index (κ3) is 0.469. The van der Waals surface area contributed by atoms with Gasteiger partial charge in [-0.15, -0.1) is 0 Å². The van der Waals surface area contributed by atoms with E-state index in [2.05, 4.69) is 10.4 Å². The number of nitrogens with zero attached hydrogens (tertiary/aromatic N) is 2. The molecule has 2 fully saturated rings. The summed E-state index contributed by atoms with van der Waals surface area (Å²) >= 11 is 0. The van der Waals surface area contributed by atoms with E-state index >= 15 is 0 Å². The van der Waals surface area contributed by atoms with E-state index in [0.717, 1.165) is 12.5 Å². The Bertz CT molecular complexity index is 64.1. The van der Waals surface area contributed by atoms with Crippen molar-refractivity contribution in [2.24, 2.45) is 5.92 Å². The van der Waals surface area contributed by atoms with Gasteiger partial charge in [0.1, 0.15) is 0 Å². The molecule has 0 amide bonds. The summed E-state index contributed by atoms with van der Waals surface area (Å²) in [5, 5.41) is 2.19. The Morgan fingerprint density at radius 2 is 2.57 bits per heavy atom. The van der Waals surface area contributed by atoms with Crippen molar-refractivity contribution in [3.63, 3.8) is 0 Å². The van der Waals surface area contributed by atoms with E-state index in [0.29, 0.717) is 0 Å². The maximum atomic E-state index is 4.24. The van der Waals surface area contributed by atoms with Gasteiger partial charge in [0, 0.05) is 19.6 Å². The van der Waals surface area contributed by atoms with Crippen molar-refractivity contribution in [1.82, 2.24) is 10.4 Å². The van der Waals surface area contributed by atoms with Gasteiger partial charge in [0.05, 0.1) is 0 Å². The highest BCUT2D eigenvalue weighted by Gasteiger charge is 2.29. The summed E-state index contributed by atoms with van der Waals surface area (Å²) in [5.74, 6) is 0.931. The van der Waals surface area contributed by atoms with E-state index in [1.807, 2.05) is 0 Å². The predicted molar refractivity (Wildman–Crippen MR) is 26.7 cm³/mol. The van der Waals surface area contributed by atoms with Gasteiger partial charge in [-0.25, -0.2) is 5.01 Å². The van der Waals surface area contributed by atoms with Crippen LogP contribution in [0.1, 0.15) is 6.42 Å². The van der Waals surface area contributed by atoms with Gasteiger partial charge in [0.15, 0.2) is 0 Å². The van der Waals surface area contributed by atoms with Gasteiger partial charge in [-0.2, -0.15) is 5.43 Å². The zero-order valence-corrected chi connectivity index (χ0v) is 4.30. The highest BCUT2D eigenvalue weighted by Crippen LogP contribution is 2.19. The highest BCUT2D eigenvalue weighted by molar-refractivity contribution is 4.80. The minimum atomic E-state index is 0.931. The first-order chi connectivity index (χ1) is 3.45. The number of hydrogen-bond donors (Lipinski definition) is 0. The summed E-state index contributed by atoms with van der Waals surface area (Å²) < 4.78 is 0. The van der Waals surface area contributed by atoms with Gasteiger partial charge >= 0.3 is 0 Å². The molecule has 0 aliphatic carbocycles. The lowest BCUT2D eigenvalue weighted by Gasteiger charge is -2.08. The number of rotatable bonds is 0. The molecule has 2 heterocycles. The third-order valence-corrected chi connectivity index (χ3v) is 1.80. The normalized spacial score (nSPS) is 48.0. The van der Waals surface area contributed by atoms with Gasteiger partial charge in [0.2, 0.25) is 0 Å². The summed E-state index contributed by atoms with van der Waals surface area (Å²) in [5.41, 5.74) is 4.24. The predicted octanol–water partition coefficient (Wildman–Crippen LogP) is -0.159. The average molecular weight is 97.1 g/mol. The molecule has 7 heavy (non-hydrogen) atoms. The minimum Gasteiger partial charge on any atom is -0.226 e. The van der Waals surface area contributed by atoms with Crippen LogP contribution in [0.5, 0.6) is 0 Å². The van der Waals surface area contributed by atoms with Crippen molar-refractivity contribution in [2.45, 2.75) is 6.42 Å². The standard InChI is InChI=1S/C5H9N2/c1-2-7-4-5(1)3-6-7/h5H,1-4H2. The lowest BCUT2D eigenvalue weighted by molar-refractivity contribution is 0.261. The van der Waals surface area contributed by atoms with Crippen LogP contribution in [-0.2, 0) is 0 Å². The van der Waals surface area contributed by atoms with E-state index in [1.165, 1.54) is 19.5 Å². The highest BCUT2D eigenvalue weighted by atomic mass is 15.5. The molecule has 39 valence electrons. The molecule has 0 aromatic heterocycles. The van der Waals surface area contributed by atoms with Crippen molar-refractivity contribution in [1.29, 1.82) is 0 Å². The quantitative estimate of drug-likeness (QED) is 0.410. The Labute approximate surface area is 43.5 Å². The Kier molecular flexibility index (Phi) is 0.664. The van der Waals surface area contributed by atoms with Crippen LogP contribution in [0.3, 0.4) is 0 Å².